The van der Waals surface area contributed by atoms with Crippen LogP contribution >= 0.6 is 0 Å². The summed E-state index contributed by atoms with van der Waals surface area (Å²) in [5.41, 5.74) is 0. The highest BCUT2D eigenvalue weighted by Crippen LogP contribution is 2.36. The fourth-order valence-corrected chi connectivity index (χ4v) is 5.19. The molecule has 0 bridgehead atoms. The molecule has 2 aromatic heterocycles. The topological polar surface area (TPSA) is 137 Å². The Bertz CT molecular complexity index is 1700. The highest BCUT2D eigenvalue weighted by Gasteiger charge is 2.13. The van der Waals surface area contributed by atoms with Gasteiger partial charge in [0.2, 0.25) is 11.8 Å². The molecule has 0 fully saturated rings. The van der Waals surface area contributed by atoms with Gasteiger partial charge in [-0.25, -0.2) is 0 Å². The van der Waals surface area contributed by atoms with Gasteiger partial charge in [-0.3, -0.25) is 0 Å². The molecule has 2 heterocycles. The van der Waals surface area contributed by atoms with Crippen molar-refractivity contribution >= 4 is 21.5 Å². The van der Waals surface area contributed by atoms with E-state index in [9.17, 15) is 10.2 Å². The summed E-state index contributed by atoms with van der Waals surface area (Å²) < 4.78 is 23.2. The summed E-state index contributed by atoms with van der Waals surface area (Å²) in [6.07, 6.45) is 7.73. The van der Waals surface area contributed by atoms with Gasteiger partial charge in [-0.1, -0.05) is 86.3 Å². The first-order chi connectivity index (χ1) is 21.6. The zero-order chi connectivity index (χ0) is 30.1. The first kappa shape index (κ1) is 29.0. The molecule has 2 N–H and O–H groups in total. The van der Waals surface area contributed by atoms with E-state index in [1.54, 1.807) is 12.1 Å². The van der Waals surface area contributed by atoms with Crippen molar-refractivity contribution in [3.63, 3.8) is 0 Å². The number of fused-ring (bicyclic) bond motifs is 2. The van der Waals surface area contributed by atoms with E-state index in [2.05, 4.69) is 20.4 Å². The van der Waals surface area contributed by atoms with Gasteiger partial charge in [0.15, 0.2) is 36.2 Å². The second-order valence-electron chi connectivity index (χ2n) is 10.6. The lowest BCUT2D eigenvalue weighted by Gasteiger charge is -2.09. The van der Waals surface area contributed by atoms with E-state index in [0.29, 0.717) is 35.1 Å². The number of unbranched alkanes of at least 4 members (excludes halogenated alkanes) is 5. The van der Waals surface area contributed by atoms with Crippen LogP contribution in [0.2, 0.25) is 0 Å². The van der Waals surface area contributed by atoms with Gasteiger partial charge in [0.25, 0.3) is 11.8 Å². The quantitative estimate of drug-likeness (QED) is 0.115. The fourth-order valence-electron chi connectivity index (χ4n) is 5.19. The minimum Gasteiger partial charge on any atom is -0.504 e. The van der Waals surface area contributed by atoms with E-state index in [0.717, 1.165) is 72.9 Å². The maximum atomic E-state index is 10.2. The Morgan fingerprint density at radius 2 is 0.886 bits per heavy atom. The van der Waals surface area contributed by atoms with Crippen LogP contribution < -0.4 is 9.47 Å². The lowest BCUT2D eigenvalue weighted by molar-refractivity contribution is 0.251. The molecule has 0 atom stereocenters. The van der Waals surface area contributed by atoms with Crippen molar-refractivity contribution in [3.8, 4) is 23.0 Å². The molecule has 226 valence electrons. The van der Waals surface area contributed by atoms with Gasteiger partial charge < -0.3 is 28.5 Å². The van der Waals surface area contributed by atoms with Gasteiger partial charge in [0.1, 0.15) is 0 Å². The Morgan fingerprint density at radius 1 is 0.477 bits per heavy atom. The number of hydrogen-bond donors (Lipinski definition) is 2. The van der Waals surface area contributed by atoms with Crippen molar-refractivity contribution in [3.05, 3.63) is 96.4 Å². The lowest BCUT2D eigenvalue weighted by atomic mass is 10.1. The summed E-state index contributed by atoms with van der Waals surface area (Å²) in [7, 11) is 0. The molecule has 10 heteroatoms. The molecule has 0 saturated heterocycles. The summed E-state index contributed by atoms with van der Waals surface area (Å²) in [5.74, 6) is 2.94. The van der Waals surface area contributed by atoms with Crippen LogP contribution in [0.25, 0.3) is 21.5 Å². The summed E-state index contributed by atoms with van der Waals surface area (Å²) in [6.45, 7) is 0.188. The summed E-state index contributed by atoms with van der Waals surface area (Å²) >= 11 is 0. The maximum absolute atomic E-state index is 10.2. The lowest BCUT2D eigenvalue weighted by Crippen LogP contribution is -1.97. The van der Waals surface area contributed by atoms with E-state index in [1.807, 2.05) is 60.7 Å². The van der Waals surface area contributed by atoms with E-state index in [4.69, 9.17) is 18.3 Å². The predicted octanol–water partition coefficient (Wildman–Crippen LogP) is 7.45. The van der Waals surface area contributed by atoms with E-state index >= 15 is 0 Å². The first-order valence-corrected chi connectivity index (χ1v) is 14.9. The number of phenols is 2. The van der Waals surface area contributed by atoms with Crippen LogP contribution in [0.5, 0.6) is 23.0 Å². The molecular weight excluding hydrogens is 560 g/mol. The van der Waals surface area contributed by atoms with E-state index < -0.39 is 0 Å². The Hall–Kier alpha value is -5.12. The Morgan fingerprint density at radius 3 is 1.36 bits per heavy atom. The molecule has 0 aliphatic heterocycles. The summed E-state index contributed by atoms with van der Waals surface area (Å²) in [5, 5.41) is 40.6. The van der Waals surface area contributed by atoms with Crippen LogP contribution in [0, 0.1) is 0 Å². The number of rotatable bonds is 15. The van der Waals surface area contributed by atoms with Crippen molar-refractivity contribution in [1.29, 1.82) is 0 Å². The van der Waals surface area contributed by atoms with Crippen LogP contribution in [0.15, 0.2) is 81.6 Å². The molecule has 0 unspecified atom stereocenters. The van der Waals surface area contributed by atoms with Crippen molar-refractivity contribution < 1.29 is 28.5 Å². The molecule has 0 aliphatic carbocycles. The number of hydrogen-bond acceptors (Lipinski definition) is 10. The average Bonchev–Trinajstić information content (AvgIpc) is 3.71. The second kappa shape index (κ2) is 13.9. The minimum atomic E-state index is 0.0783. The third-order valence-corrected chi connectivity index (χ3v) is 7.45. The maximum Gasteiger partial charge on any atom is 0.253 e. The highest BCUT2D eigenvalue weighted by molar-refractivity contribution is 5.91. The number of nitrogens with zero attached hydrogens (tertiary/aromatic N) is 4. The Labute approximate surface area is 254 Å². The highest BCUT2D eigenvalue weighted by atomic mass is 16.5. The monoisotopic (exact) mass is 594 g/mol. The van der Waals surface area contributed by atoms with Gasteiger partial charge in [-0.2, -0.15) is 0 Å². The minimum absolute atomic E-state index is 0.0783. The standard InChI is InChI=1S/C34H34N4O6/c39-27-19-17-23-11-7-9-13-25(23)33(27)41-21-31-37-35-29(43-31)15-5-3-1-2-4-6-16-30-36-38-32(44-30)22-42-34-26-14-10-8-12-24(26)18-20-28(34)40/h7-14,17-20,39-40H,1-6,15-16,21-22H2. The number of ether oxygens (including phenoxy) is 2. The number of benzene rings is 4. The fraction of sp³-hybridized carbons (Fsp3) is 0.294. The van der Waals surface area contributed by atoms with Crippen LogP contribution in [0.4, 0.5) is 0 Å². The number of aromatic hydroxyl groups is 2. The van der Waals surface area contributed by atoms with Crippen LogP contribution in [0.1, 0.15) is 62.1 Å². The zero-order valence-electron chi connectivity index (χ0n) is 24.3. The van der Waals surface area contributed by atoms with Crippen LogP contribution in [-0.2, 0) is 26.1 Å². The van der Waals surface area contributed by atoms with Gasteiger partial charge in [0.05, 0.1) is 0 Å². The first-order valence-electron chi connectivity index (χ1n) is 14.9. The molecule has 0 saturated carbocycles. The van der Waals surface area contributed by atoms with E-state index in [1.165, 1.54) is 0 Å². The molecule has 44 heavy (non-hydrogen) atoms. The van der Waals surface area contributed by atoms with Crippen molar-refractivity contribution in [2.45, 2.75) is 64.6 Å². The number of phenolic OH excluding ortho intramolecular Hbond substituents is 2. The van der Waals surface area contributed by atoms with Crippen LogP contribution in [-0.4, -0.2) is 30.6 Å². The van der Waals surface area contributed by atoms with Gasteiger partial charge in [-0.15, -0.1) is 20.4 Å². The molecule has 6 rings (SSSR count). The molecule has 10 nitrogen and oxygen atoms in total. The molecule has 0 aliphatic rings. The van der Waals surface area contributed by atoms with Crippen molar-refractivity contribution in [2.24, 2.45) is 0 Å². The smallest absolute Gasteiger partial charge is 0.253 e. The zero-order valence-corrected chi connectivity index (χ0v) is 24.3. The Kier molecular flexibility index (Phi) is 9.15. The Balaban J connectivity index is 0.855. The summed E-state index contributed by atoms with van der Waals surface area (Å²) in [4.78, 5) is 0. The molecule has 4 aromatic carbocycles. The molecule has 0 radical (unpaired) electrons. The molecule has 6 aromatic rings. The molecule has 0 amide bonds. The second-order valence-corrected chi connectivity index (χ2v) is 10.6. The number of aromatic nitrogens is 4. The van der Waals surface area contributed by atoms with Gasteiger partial charge in [-0.05, 0) is 35.7 Å². The van der Waals surface area contributed by atoms with Crippen molar-refractivity contribution in [1.82, 2.24) is 20.4 Å². The third kappa shape index (κ3) is 7.08. The predicted molar refractivity (Wildman–Crippen MR) is 164 cm³/mol. The van der Waals surface area contributed by atoms with Crippen molar-refractivity contribution in [2.75, 3.05) is 0 Å². The SMILES string of the molecule is Oc1ccc2ccccc2c1OCc1nnc(CCCCCCCCc2nnc(COc3c(O)ccc4ccccc34)o2)o1. The molecule has 0 spiro atoms. The average molecular weight is 595 g/mol. The largest absolute Gasteiger partial charge is 0.504 e. The normalized spacial score (nSPS) is 11.4. The number of aryl methyl sites for hydroxylation is 2. The third-order valence-electron chi connectivity index (χ3n) is 7.45. The molecular formula is C34H34N4O6. The van der Waals surface area contributed by atoms with Gasteiger partial charge >= 0.3 is 0 Å². The van der Waals surface area contributed by atoms with E-state index in [-0.39, 0.29) is 24.7 Å². The van der Waals surface area contributed by atoms with Crippen LogP contribution in [0.3, 0.4) is 0 Å². The summed E-state index contributed by atoms with van der Waals surface area (Å²) in [6, 6.07) is 22.4. The van der Waals surface area contributed by atoms with Gasteiger partial charge in [0, 0.05) is 23.6 Å².